The van der Waals surface area contributed by atoms with Gasteiger partial charge in [0.2, 0.25) is 0 Å². The molecule has 0 aromatic rings. The minimum atomic E-state index is -4.39. The van der Waals surface area contributed by atoms with Crippen LogP contribution in [0.2, 0.25) is 0 Å². The minimum Gasteiger partial charge on any atom is -0.324 e. The summed E-state index contributed by atoms with van der Waals surface area (Å²) in [6.45, 7) is 5.99. The highest BCUT2D eigenvalue weighted by atomic mass is 31.2. The van der Waals surface area contributed by atoms with Gasteiger partial charge in [0.1, 0.15) is 5.78 Å². The molecular weight excluding hydrogens is 363 g/mol. The molecule has 1 unspecified atom stereocenters. The molecule has 4 aliphatic rings. The monoisotopic (exact) mass is 394 g/mol. The normalized spacial score (nSPS) is 46.9. The maximum atomic E-state index is 12.4. The molecule has 2 N–H and O–H groups in total. The van der Waals surface area contributed by atoms with Crippen LogP contribution < -0.4 is 0 Å². The third kappa shape index (κ3) is 2.68. The van der Waals surface area contributed by atoms with E-state index in [9.17, 15) is 23.9 Å². The Morgan fingerprint density at radius 1 is 1.15 bits per heavy atom. The van der Waals surface area contributed by atoms with Crippen LogP contribution >= 0.6 is 7.60 Å². The molecule has 7 atom stereocenters. The van der Waals surface area contributed by atoms with Crippen LogP contribution in [-0.4, -0.2) is 27.0 Å². The lowest BCUT2D eigenvalue weighted by Gasteiger charge is -2.59. The number of fused-ring (bicyclic) bond motifs is 5. The van der Waals surface area contributed by atoms with Crippen LogP contribution in [0.1, 0.15) is 65.7 Å². The Bertz CT molecular complexity index is 767. The molecule has 0 saturated heterocycles. The second-order valence-electron chi connectivity index (χ2n) is 9.93. The predicted octanol–water partition coefficient (Wildman–Crippen LogP) is 3.88. The SMILES string of the molecule is CC(=O)[C@H]1CC[C@H]2[C@@H]3CCC4=CC(=O)CC(P(=O)(O)O)[C@]4(C)[C@H]3CC[C@]12C. The zero-order valence-electron chi connectivity index (χ0n) is 16.5. The molecule has 27 heavy (non-hydrogen) atoms. The van der Waals surface area contributed by atoms with Crippen LogP contribution in [0, 0.1) is 34.5 Å². The fraction of sp³-hybridized carbons (Fsp3) is 0.810. The van der Waals surface area contributed by atoms with Gasteiger partial charge in [-0.1, -0.05) is 19.4 Å². The van der Waals surface area contributed by atoms with Gasteiger partial charge in [-0.25, -0.2) is 0 Å². The Morgan fingerprint density at radius 2 is 1.85 bits per heavy atom. The molecule has 0 heterocycles. The predicted molar refractivity (Wildman–Crippen MR) is 102 cm³/mol. The van der Waals surface area contributed by atoms with E-state index in [0.717, 1.165) is 44.1 Å². The quantitative estimate of drug-likeness (QED) is 0.694. The molecule has 5 nitrogen and oxygen atoms in total. The highest BCUT2D eigenvalue weighted by Gasteiger charge is 2.63. The highest BCUT2D eigenvalue weighted by molar-refractivity contribution is 7.52. The molecule has 0 amide bonds. The van der Waals surface area contributed by atoms with Gasteiger partial charge in [-0.05, 0) is 74.7 Å². The maximum absolute atomic E-state index is 12.4. The molecule has 0 aliphatic heterocycles. The van der Waals surface area contributed by atoms with Crippen molar-refractivity contribution in [1.82, 2.24) is 0 Å². The van der Waals surface area contributed by atoms with E-state index in [1.165, 1.54) is 0 Å². The van der Waals surface area contributed by atoms with Crippen molar-refractivity contribution < 1.29 is 23.9 Å². The van der Waals surface area contributed by atoms with Gasteiger partial charge in [-0.2, -0.15) is 0 Å². The molecule has 0 bridgehead atoms. The number of hydrogen-bond donors (Lipinski definition) is 2. The van der Waals surface area contributed by atoms with Crippen LogP contribution in [0.3, 0.4) is 0 Å². The van der Waals surface area contributed by atoms with Gasteiger partial charge in [0.05, 0.1) is 5.66 Å². The van der Waals surface area contributed by atoms with Gasteiger partial charge < -0.3 is 9.79 Å². The zero-order valence-corrected chi connectivity index (χ0v) is 17.4. The molecule has 3 fully saturated rings. The lowest BCUT2D eigenvalue weighted by molar-refractivity contribution is -0.128. The molecule has 0 radical (unpaired) electrons. The molecule has 4 rings (SSSR count). The van der Waals surface area contributed by atoms with Gasteiger partial charge in [-0.3, -0.25) is 14.2 Å². The van der Waals surface area contributed by atoms with Crippen molar-refractivity contribution in [2.45, 2.75) is 71.4 Å². The Morgan fingerprint density at radius 3 is 2.48 bits per heavy atom. The summed E-state index contributed by atoms with van der Waals surface area (Å²) in [5.74, 6) is 1.28. The highest BCUT2D eigenvalue weighted by Crippen LogP contribution is 2.70. The van der Waals surface area contributed by atoms with Gasteiger partial charge in [0.25, 0.3) is 0 Å². The fourth-order valence-electron chi connectivity index (χ4n) is 7.74. The lowest BCUT2D eigenvalue weighted by Crippen LogP contribution is -2.55. The zero-order chi connectivity index (χ0) is 19.8. The third-order valence-electron chi connectivity index (χ3n) is 8.96. The summed E-state index contributed by atoms with van der Waals surface area (Å²) in [5, 5.41) is 0. The summed E-state index contributed by atoms with van der Waals surface area (Å²) in [6, 6.07) is 0. The van der Waals surface area contributed by atoms with Crippen LogP contribution in [0.25, 0.3) is 0 Å². The van der Waals surface area contributed by atoms with Gasteiger partial charge >= 0.3 is 7.60 Å². The van der Waals surface area contributed by atoms with Crippen LogP contribution in [0.4, 0.5) is 0 Å². The summed E-state index contributed by atoms with van der Waals surface area (Å²) in [6.07, 6.45) is 7.16. The van der Waals surface area contributed by atoms with E-state index >= 15 is 0 Å². The van der Waals surface area contributed by atoms with Crippen LogP contribution in [0.15, 0.2) is 11.6 Å². The van der Waals surface area contributed by atoms with E-state index < -0.39 is 18.7 Å². The topological polar surface area (TPSA) is 91.7 Å². The van der Waals surface area contributed by atoms with E-state index in [4.69, 9.17) is 0 Å². The molecule has 3 saturated carbocycles. The largest absolute Gasteiger partial charge is 0.329 e. The second kappa shape index (κ2) is 6.11. The van der Waals surface area contributed by atoms with Crippen molar-refractivity contribution >= 4 is 19.2 Å². The second-order valence-corrected chi connectivity index (χ2v) is 11.7. The van der Waals surface area contributed by atoms with Gasteiger partial charge in [0.15, 0.2) is 5.78 Å². The average molecular weight is 394 g/mol. The fourth-order valence-corrected chi connectivity index (χ4v) is 9.22. The van der Waals surface area contributed by atoms with E-state index in [2.05, 4.69) is 6.92 Å². The number of carbonyl (C=O) groups excluding carboxylic acids is 2. The van der Waals surface area contributed by atoms with Gasteiger partial charge in [-0.15, -0.1) is 0 Å². The minimum absolute atomic E-state index is 0.0205. The number of hydrogen-bond acceptors (Lipinski definition) is 3. The van der Waals surface area contributed by atoms with Crippen molar-refractivity contribution in [3.63, 3.8) is 0 Å². The first-order chi connectivity index (χ1) is 12.5. The summed E-state index contributed by atoms with van der Waals surface area (Å²) in [7, 11) is -4.39. The molecule has 0 spiro atoms. The van der Waals surface area contributed by atoms with Crippen molar-refractivity contribution in [1.29, 1.82) is 0 Å². The first-order valence-electron chi connectivity index (χ1n) is 10.3. The Hall–Kier alpha value is -0.770. The first kappa shape index (κ1) is 19.5. The molecule has 150 valence electrons. The Kier molecular flexibility index (Phi) is 4.42. The summed E-state index contributed by atoms with van der Waals surface area (Å²) >= 11 is 0. The van der Waals surface area contributed by atoms with Crippen molar-refractivity contribution in [3.8, 4) is 0 Å². The summed E-state index contributed by atoms with van der Waals surface area (Å²) in [4.78, 5) is 44.6. The van der Waals surface area contributed by atoms with E-state index in [0.29, 0.717) is 11.8 Å². The number of ketones is 2. The number of rotatable bonds is 2. The maximum Gasteiger partial charge on any atom is 0.329 e. The number of allylic oxidation sites excluding steroid dienone is 1. The molecule has 4 aliphatic carbocycles. The standard InChI is InChI=1S/C21H31O5P/c1-12(22)16-6-7-17-15-5-4-13-10-14(23)11-19(27(24,25)26)21(13,3)18(15)8-9-20(16,17)2/h10,15-19H,4-9,11H2,1-3H3,(H2,24,25,26)/t15-,16+,17-,18-,19?,20+,21-/m0/s1. The van der Waals surface area contributed by atoms with Crippen LogP contribution in [0.5, 0.6) is 0 Å². The lowest BCUT2D eigenvalue weighted by atomic mass is 9.46. The molecular formula is C21H31O5P. The first-order valence-corrected chi connectivity index (χ1v) is 12.0. The van der Waals surface area contributed by atoms with Crippen molar-refractivity contribution in [2.24, 2.45) is 34.5 Å². The summed E-state index contributed by atoms with van der Waals surface area (Å²) < 4.78 is 12.4. The number of Topliss-reactive ketones (excluding diaryl/α,β-unsaturated/α-hetero) is 1. The molecule has 0 aromatic heterocycles. The van der Waals surface area contributed by atoms with E-state index in [1.807, 2.05) is 6.92 Å². The van der Waals surface area contributed by atoms with E-state index in [1.54, 1.807) is 13.0 Å². The van der Waals surface area contributed by atoms with E-state index in [-0.39, 0.29) is 35.2 Å². The summed E-state index contributed by atoms with van der Waals surface area (Å²) in [5.41, 5.74) is -0.532. The smallest absolute Gasteiger partial charge is 0.324 e. The Labute approximate surface area is 161 Å². The van der Waals surface area contributed by atoms with Gasteiger partial charge in [0, 0.05) is 17.8 Å². The van der Waals surface area contributed by atoms with Crippen molar-refractivity contribution in [3.05, 3.63) is 11.6 Å². The third-order valence-corrected chi connectivity index (χ3v) is 10.5. The van der Waals surface area contributed by atoms with Crippen molar-refractivity contribution in [2.75, 3.05) is 0 Å². The number of carbonyl (C=O) groups is 2. The molecule has 6 heteroatoms. The molecule has 0 aromatic carbocycles. The average Bonchev–Trinajstić information content (AvgIpc) is 2.91. The van der Waals surface area contributed by atoms with Crippen LogP contribution in [-0.2, 0) is 14.2 Å². The Balaban J connectivity index is 1.75.